The highest BCUT2D eigenvalue weighted by Crippen LogP contribution is 2.15. The van der Waals surface area contributed by atoms with Crippen molar-refractivity contribution in [1.82, 2.24) is 19.9 Å². The highest BCUT2D eigenvalue weighted by molar-refractivity contribution is 5.92. The first-order valence-electron chi connectivity index (χ1n) is 7.66. The molecule has 0 N–H and O–H groups in total. The number of hydrogen-bond donors (Lipinski definition) is 0. The predicted molar refractivity (Wildman–Crippen MR) is 81.9 cm³/mol. The number of para-hydroxylation sites is 1. The lowest BCUT2D eigenvalue weighted by Crippen LogP contribution is -2.43. The van der Waals surface area contributed by atoms with Gasteiger partial charge in [0, 0.05) is 19.7 Å². The van der Waals surface area contributed by atoms with Crippen LogP contribution in [0.2, 0.25) is 0 Å². The second-order valence-electron chi connectivity index (χ2n) is 5.33. The smallest absolute Gasteiger partial charge is 0.276 e. The van der Waals surface area contributed by atoms with Crippen LogP contribution in [0.1, 0.15) is 30.3 Å². The molecule has 1 atom stereocenters. The molecule has 1 fully saturated rings. The van der Waals surface area contributed by atoms with Gasteiger partial charge in [-0.05, 0) is 31.9 Å². The summed E-state index contributed by atoms with van der Waals surface area (Å²) in [4.78, 5) is 15.8. The molecule has 1 unspecified atom stereocenters. The summed E-state index contributed by atoms with van der Waals surface area (Å²) in [7, 11) is 0. The van der Waals surface area contributed by atoms with Gasteiger partial charge in [-0.1, -0.05) is 18.2 Å². The van der Waals surface area contributed by atoms with E-state index in [0.717, 1.165) is 25.1 Å². The summed E-state index contributed by atoms with van der Waals surface area (Å²) in [6.45, 7) is 4.04. The van der Waals surface area contributed by atoms with Gasteiger partial charge < -0.3 is 9.64 Å². The van der Waals surface area contributed by atoms with Crippen molar-refractivity contribution >= 4 is 5.91 Å². The Morgan fingerprint density at radius 3 is 2.95 bits per heavy atom. The van der Waals surface area contributed by atoms with Gasteiger partial charge in [0.2, 0.25) is 0 Å². The Morgan fingerprint density at radius 2 is 2.18 bits per heavy atom. The number of piperidine rings is 1. The number of hydrogen-bond acceptors (Lipinski definition) is 4. The Morgan fingerprint density at radius 1 is 1.36 bits per heavy atom. The molecule has 1 aromatic heterocycles. The molecule has 2 heterocycles. The summed E-state index contributed by atoms with van der Waals surface area (Å²) in [6.07, 6.45) is 3.63. The molecule has 6 nitrogen and oxygen atoms in total. The van der Waals surface area contributed by atoms with Crippen molar-refractivity contribution in [2.24, 2.45) is 0 Å². The third kappa shape index (κ3) is 3.17. The van der Waals surface area contributed by atoms with Crippen LogP contribution in [-0.2, 0) is 4.74 Å². The van der Waals surface area contributed by atoms with Crippen molar-refractivity contribution in [3.63, 3.8) is 0 Å². The molecule has 0 aliphatic carbocycles. The van der Waals surface area contributed by atoms with Crippen LogP contribution in [-0.4, -0.2) is 51.6 Å². The van der Waals surface area contributed by atoms with Crippen molar-refractivity contribution in [3.8, 4) is 5.69 Å². The Labute approximate surface area is 129 Å². The van der Waals surface area contributed by atoms with Crippen LogP contribution in [0.4, 0.5) is 0 Å². The molecule has 1 aliphatic rings. The van der Waals surface area contributed by atoms with Gasteiger partial charge >= 0.3 is 0 Å². The average Bonchev–Trinajstić information content (AvgIpc) is 3.05. The van der Waals surface area contributed by atoms with Crippen LogP contribution in [0.5, 0.6) is 0 Å². The van der Waals surface area contributed by atoms with Crippen LogP contribution in [0, 0.1) is 0 Å². The van der Waals surface area contributed by atoms with E-state index in [1.807, 2.05) is 42.2 Å². The fraction of sp³-hybridized carbons (Fsp3) is 0.438. The van der Waals surface area contributed by atoms with Gasteiger partial charge in [-0.25, -0.2) is 0 Å². The normalized spacial score (nSPS) is 18.4. The highest BCUT2D eigenvalue weighted by atomic mass is 16.5. The quantitative estimate of drug-likeness (QED) is 0.865. The zero-order valence-corrected chi connectivity index (χ0v) is 12.7. The van der Waals surface area contributed by atoms with Gasteiger partial charge in [-0.2, -0.15) is 9.90 Å². The molecule has 0 radical (unpaired) electrons. The van der Waals surface area contributed by atoms with Gasteiger partial charge in [0.1, 0.15) is 0 Å². The first-order valence-corrected chi connectivity index (χ1v) is 7.66. The van der Waals surface area contributed by atoms with E-state index < -0.39 is 0 Å². The molecule has 1 amide bonds. The molecule has 0 spiro atoms. The Bertz CT molecular complexity index is 624. The Kier molecular flexibility index (Phi) is 4.48. The molecule has 1 saturated heterocycles. The van der Waals surface area contributed by atoms with Gasteiger partial charge in [0.05, 0.1) is 18.0 Å². The van der Waals surface area contributed by atoms with E-state index in [9.17, 15) is 4.79 Å². The van der Waals surface area contributed by atoms with Crippen LogP contribution < -0.4 is 0 Å². The largest absolute Gasteiger partial charge is 0.377 e. The van der Waals surface area contributed by atoms with Crippen LogP contribution in [0.15, 0.2) is 36.5 Å². The third-order valence-electron chi connectivity index (χ3n) is 3.77. The van der Waals surface area contributed by atoms with Gasteiger partial charge in [-0.15, -0.1) is 5.10 Å². The summed E-state index contributed by atoms with van der Waals surface area (Å²) in [5.74, 6) is -0.0772. The number of carbonyl (C=O) groups excluding carboxylic acids is 1. The maximum absolute atomic E-state index is 12.5. The molecule has 22 heavy (non-hydrogen) atoms. The SMILES string of the molecule is CCOC1CCCN(C(=O)c2cnn(-c3ccccc3)n2)C1. The second-order valence-corrected chi connectivity index (χ2v) is 5.33. The van der Waals surface area contributed by atoms with Crippen LogP contribution in [0.3, 0.4) is 0 Å². The van der Waals surface area contributed by atoms with Crippen molar-refractivity contribution in [2.45, 2.75) is 25.9 Å². The second kappa shape index (κ2) is 6.70. The van der Waals surface area contributed by atoms with E-state index in [2.05, 4.69) is 10.2 Å². The van der Waals surface area contributed by atoms with E-state index >= 15 is 0 Å². The summed E-state index contributed by atoms with van der Waals surface area (Å²) in [6, 6.07) is 9.57. The van der Waals surface area contributed by atoms with Gasteiger partial charge in [-0.3, -0.25) is 4.79 Å². The Hall–Kier alpha value is -2.21. The van der Waals surface area contributed by atoms with Crippen molar-refractivity contribution in [3.05, 3.63) is 42.2 Å². The number of aromatic nitrogens is 3. The molecular weight excluding hydrogens is 280 g/mol. The van der Waals surface area contributed by atoms with Crippen LogP contribution in [0.25, 0.3) is 5.69 Å². The highest BCUT2D eigenvalue weighted by Gasteiger charge is 2.26. The predicted octanol–water partition coefficient (Wildman–Crippen LogP) is 1.91. The van der Waals surface area contributed by atoms with Crippen molar-refractivity contribution in [1.29, 1.82) is 0 Å². The van der Waals surface area contributed by atoms with Crippen molar-refractivity contribution < 1.29 is 9.53 Å². The number of likely N-dealkylation sites (tertiary alicyclic amines) is 1. The minimum absolute atomic E-state index is 0.0772. The first-order chi connectivity index (χ1) is 10.8. The standard InChI is InChI=1S/C16H20N4O2/c1-2-22-14-9-6-10-19(12-14)16(21)15-11-17-20(18-15)13-7-4-3-5-8-13/h3-5,7-8,11,14H,2,6,9-10,12H2,1H3. The van der Waals surface area contributed by atoms with Crippen molar-refractivity contribution in [2.75, 3.05) is 19.7 Å². The molecule has 6 heteroatoms. The van der Waals surface area contributed by atoms with E-state index in [-0.39, 0.29) is 12.0 Å². The minimum atomic E-state index is -0.0772. The first kappa shape index (κ1) is 14.7. The summed E-state index contributed by atoms with van der Waals surface area (Å²) >= 11 is 0. The maximum atomic E-state index is 12.5. The topological polar surface area (TPSA) is 60.2 Å². The van der Waals surface area contributed by atoms with Crippen LogP contribution >= 0.6 is 0 Å². The Balaban J connectivity index is 1.71. The number of benzene rings is 1. The summed E-state index contributed by atoms with van der Waals surface area (Å²) < 4.78 is 5.64. The lowest BCUT2D eigenvalue weighted by atomic mass is 10.1. The summed E-state index contributed by atoms with van der Waals surface area (Å²) in [5, 5.41) is 8.48. The summed E-state index contributed by atoms with van der Waals surface area (Å²) in [5.41, 5.74) is 1.22. The fourth-order valence-electron chi connectivity index (χ4n) is 2.70. The number of rotatable bonds is 4. The number of amides is 1. The lowest BCUT2D eigenvalue weighted by Gasteiger charge is -2.31. The van der Waals surface area contributed by atoms with Gasteiger partial charge in [0.25, 0.3) is 5.91 Å². The molecule has 1 aliphatic heterocycles. The van der Waals surface area contributed by atoms with E-state index in [0.29, 0.717) is 18.8 Å². The monoisotopic (exact) mass is 300 g/mol. The zero-order chi connectivity index (χ0) is 15.4. The minimum Gasteiger partial charge on any atom is -0.377 e. The van der Waals surface area contributed by atoms with Gasteiger partial charge in [0.15, 0.2) is 5.69 Å². The third-order valence-corrected chi connectivity index (χ3v) is 3.77. The molecule has 3 rings (SSSR count). The molecule has 0 saturated carbocycles. The molecule has 0 bridgehead atoms. The van der Waals surface area contributed by atoms with E-state index in [4.69, 9.17) is 4.74 Å². The number of carbonyl (C=O) groups is 1. The van der Waals surface area contributed by atoms with E-state index in [1.165, 1.54) is 11.0 Å². The molecule has 2 aromatic rings. The zero-order valence-electron chi connectivity index (χ0n) is 12.7. The maximum Gasteiger partial charge on any atom is 0.276 e. The number of nitrogens with zero attached hydrogens (tertiary/aromatic N) is 4. The van der Waals surface area contributed by atoms with E-state index in [1.54, 1.807) is 0 Å². The number of ether oxygens (including phenoxy) is 1. The lowest BCUT2D eigenvalue weighted by molar-refractivity contribution is 0.00702. The molecule has 116 valence electrons. The fourth-order valence-corrected chi connectivity index (χ4v) is 2.70. The average molecular weight is 300 g/mol. The molecular formula is C16H20N4O2. The molecule has 1 aromatic carbocycles.